The Bertz CT molecular complexity index is 939. The first-order valence-electron chi connectivity index (χ1n) is 9.89. The minimum atomic E-state index is -1.02. The van der Waals surface area contributed by atoms with Crippen LogP contribution in [0.4, 0.5) is 0 Å². The Hall–Kier alpha value is -2.93. The molecule has 1 aromatic carbocycles. The highest BCUT2D eigenvalue weighted by molar-refractivity contribution is 5.94. The van der Waals surface area contributed by atoms with E-state index in [0.29, 0.717) is 30.3 Å². The highest BCUT2D eigenvalue weighted by Crippen LogP contribution is 2.39. The lowest BCUT2D eigenvalue weighted by Gasteiger charge is -2.26. The number of hydrogen-bond donors (Lipinski definition) is 2. The largest absolute Gasteiger partial charge is 0.461 e. The molecule has 3 heterocycles. The minimum absolute atomic E-state index is 0.140. The highest BCUT2D eigenvalue weighted by atomic mass is 16.5. The number of carbonyl (C=O) groups excluding carboxylic acids is 2. The topological polar surface area (TPSA) is 104 Å². The average Bonchev–Trinajstić information content (AvgIpc) is 3.10. The van der Waals surface area contributed by atoms with Gasteiger partial charge in [-0.2, -0.15) is 0 Å². The van der Waals surface area contributed by atoms with Crippen LogP contribution in [0, 0.1) is 5.92 Å². The summed E-state index contributed by atoms with van der Waals surface area (Å²) < 4.78 is 11.4. The number of ether oxygens (including phenoxy) is 2. The van der Waals surface area contributed by atoms with Crippen LogP contribution in [0.1, 0.15) is 35.7 Å². The number of carbonyl (C=O) groups is 2. The van der Waals surface area contributed by atoms with Crippen molar-refractivity contribution in [3.63, 3.8) is 0 Å². The number of rotatable bonds is 5. The second kappa shape index (κ2) is 7.83. The summed E-state index contributed by atoms with van der Waals surface area (Å²) >= 11 is 0. The van der Waals surface area contributed by atoms with Crippen molar-refractivity contribution in [3.8, 4) is 17.0 Å². The molecule has 2 aromatic rings. The molecule has 2 amide bonds. The third kappa shape index (κ3) is 3.96. The van der Waals surface area contributed by atoms with Crippen LogP contribution in [-0.2, 0) is 16.0 Å². The molecule has 1 fully saturated rings. The standard InChI is InChI=1S/C22H25N3O4/c1-22(21(27)25-13-14-6-9-28-10-7-14)12-18-17(5-8-24-20(18)29-22)15-3-2-4-16(11-15)19(23)26/h2-5,8,11,14H,6-7,9-10,12-13H2,1H3,(H2,23,26)(H,25,27). The Balaban J connectivity index is 1.53. The molecule has 3 N–H and O–H groups in total. The van der Waals surface area contributed by atoms with E-state index in [1.54, 1.807) is 31.3 Å². The Morgan fingerprint density at radius 1 is 1.28 bits per heavy atom. The molecule has 1 saturated heterocycles. The predicted molar refractivity (Wildman–Crippen MR) is 107 cm³/mol. The van der Waals surface area contributed by atoms with Crippen LogP contribution in [0.3, 0.4) is 0 Å². The zero-order chi connectivity index (χ0) is 20.4. The lowest BCUT2D eigenvalue weighted by Crippen LogP contribution is -2.49. The second-order valence-corrected chi connectivity index (χ2v) is 7.86. The normalized spacial score (nSPS) is 21.3. The summed E-state index contributed by atoms with van der Waals surface area (Å²) in [6.07, 6.45) is 3.97. The number of nitrogens with two attached hydrogens (primary N) is 1. The first-order valence-corrected chi connectivity index (χ1v) is 9.89. The van der Waals surface area contributed by atoms with Gasteiger partial charge in [-0.3, -0.25) is 9.59 Å². The lowest BCUT2D eigenvalue weighted by atomic mass is 9.92. The van der Waals surface area contributed by atoms with Crippen molar-refractivity contribution in [1.29, 1.82) is 0 Å². The van der Waals surface area contributed by atoms with Gasteiger partial charge in [-0.05, 0) is 55.0 Å². The fraction of sp³-hybridized carbons (Fsp3) is 0.409. The molecule has 29 heavy (non-hydrogen) atoms. The molecule has 1 aromatic heterocycles. The quantitative estimate of drug-likeness (QED) is 0.807. The highest BCUT2D eigenvalue weighted by Gasteiger charge is 2.43. The van der Waals surface area contributed by atoms with Crippen LogP contribution in [0.15, 0.2) is 36.5 Å². The van der Waals surface area contributed by atoms with E-state index < -0.39 is 11.5 Å². The SMILES string of the molecule is CC1(C(=O)NCC2CCOCC2)Cc2c(-c3cccc(C(N)=O)c3)ccnc2O1. The number of aromatic nitrogens is 1. The van der Waals surface area contributed by atoms with E-state index in [1.807, 2.05) is 12.1 Å². The first-order chi connectivity index (χ1) is 14.0. The molecule has 0 radical (unpaired) electrons. The zero-order valence-corrected chi connectivity index (χ0v) is 16.4. The van der Waals surface area contributed by atoms with Crippen molar-refractivity contribution in [2.24, 2.45) is 11.7 Å². The lowest BCUT2D eigenvalue weighted by molar-refractivity contribution is -0.134. The van der Waals surface area contributed by atoms with Gasteiger partial charge in [0.2, 0.25) is 11.8 Å². The summed E-state index contributed by atoms with van der Waals surface area (Å²) in [4.78, 5) is 28.8. The van der Waals surface area contributed by atoms with Crippen molar-refractivity contribution in [3.05, 3.63) is 47.7 Å². The maximum absolute atomic E-state index is 12.9. The molecule has 2 aliphatic heterocycles. The van der Waals surface area contributed by atoms with E-state index in [1.165, 1.54) is 0 Å². The van der Waals surface area contributed by atoms with Crippen LogP contribution in [0.5, 0.6) is 5.88 Å². The summed E-state index contributed by atoms with van der Waals surface area (Å²) in [6.45, 7) is 3.91. The van der Waals surface area contributed by atoms with Gasteiger partial charge in [0.25, 0.3) is 5.91 Å². The van der Waals surface area contributed by atoms with Crippen LogP contribution in [0.2, 0.25) is 0 Å². The molecule has 152 valence electrons. The summed E-state index contributed by atoms with van der Waals surface area (Å²) in [5.74, 6) is 0.269. The van der Waals surface area contributed by atoms with Gasteiger partial charge in [0.15, 0.2) is 5.60 Å². The Labute approximate surface area is 169 Å². The molecular formula is C22H25N3O4. The Morgan fingerprint density at radius 3 is 2.83 bits per heavy atom. The number of amides is 2. The molecule has 0 aliphatic carbocycles. The average molecular weight is 395 g/mol. The van der Waals surface area contributed by atoms with Gasteiger partial charge in [-0.15, -0.1) is 0 Å². The van der Waals surface area contributed by atoms with Gasteiger partial charge in [0, 0.05) is 43.5 Å². The van der Waals surface area contributed by atoms with Gasteiger partial charge in [0.05, 0.1) is 0 Å². The fourth-order valence-corrected chi connectivity index (χ4v) is 3.93. The zero-order valence-electron chi connectivity index (χ0n) is 16.4. The molecule has 2 aliphatic rings. The van der Waals surface area contributed by atoms with Gasteiger partial charge >= 0.3 is 0 Å². The summed E-state index contributed by atoms with van der Waals surface area (Å²) in [5, 5.41) is 3.04. The number of nitrogens with one attached hydrogen (secondary N) is 1. The monoisotopic (exact) mass is 395 g/mol. The Morgan fingerprint density at radius 2 is 2.07 bits per heavy atom. The molecule has 7 heteroatoms. The Kier molecular flexibility index (Phi) is 5.24. The smallest absolute Gasteiger partial charge is 0.264 e. The number of pyridine rings is 1. The second-order valence-electron chi connectivity index (χ2n) is 7.86. The van der Waals surface area contributed by atoms with Crippen molar-refractivity contribution >= 4 is 11.8 Å². The molecule has 7 nitrogen and oxygen atoms in total. The van der Waals surface area contributed by atoms with E-state index in [9.17, 15) is 9.59 Å². The fourth-order valence-electron chi connectivity index (χ4n) is 3.93. The molecular weight excluding hydrogens is 370 g/mol. The predicted octanol–water partition coefficient (Wildman–Crippen LogP) is 2.08. The number of benzene rings is 1. The van der Waals surface area contributed by atoms with E-state index >= 15 is 0 Å². The van der Waals surface area contributed by atoms with Crippen molar-refractivity contribution in [1.82, 2.24) is 10.3 Å². The number of nitrogens with zero attached hydrogens (tertiary/aromatic N) is 1. The maximum atomic E-state index is 12.9. The molecule has 0 bridgehead atoms. The maximum Gasteiger partial charge on any atom is 0.264 e. The van der Waals surface area contributed by atoms with Gasteiger partial charge in [-0.25, -0.2) is 4.98 Å². The summed E-state index contributed by atoms with van der Waals surface area (Å²) in [7, 11) is 0. The summed E-state index contributed by atoms with van der Waals surface area (Å²) in [6, 6.07) is 8.99. The number of hydrogen-bond acceptors (Lipinski definition) is 5. The van der Waals surface area contributed by atoms with Crippen molar-refractivity contribution < 1.29 is 19.1 Å². The summed E-state index contributed by atoms with van der Waals surface area (Å²) in [5.41, 5.74) is 7.42. The van der Waals surface area contributed by atoms with Crippen molar-refractivity contribution in [2.75, 3.05) is 19.8 Å². The third-order valence-electron chi connectivity index (χ3n) is 5.68. The van der Waals surface area contributed by atoms with Gasteiger partial charge < -0.3 is 20.5 Å². The molecule has 0 saturated carbocycles. The van der Waals surface area contributed by atoms with Crippen molar-refractivity contribution in [2.45, 2.75) is 31.8 Å². The van der Waals surface area contributed by atoms with E-state index in [2.05, 4.69) is 10.3 Å². The van der Waals surface area contributed by atoms with E-state index in [-0.39, 0.29) is 5.91 Å². The first kappa shape index (κ1) is 19.4. The number of primary amides is 1. The molecule has 4 rings (SSSR count). The van der Waals surface area contributed by atoms with Crippen LogP contribution in [0.25, 0.3) is 11.1 Å². The van der Waals surface area contributed by atoms with Crippen LogP contribution >= 0.6 is 0 Å². The van der Waals surface area contributed by atoms with E-state index in [4.69, 9.17) is 15.2 Å². The number of fused-ring (bicyclic) bond motifs is 1. The van der Waals surface area contributed by atoms with E-state index in [0.717, 1.165) is 42.7 Å². The molecule has 0 spiro atoms. The van der Waals surface area contributed by atoms with Crippen LogP contribution in [-0.4, -0.2) is 42.2 Å². The molecule has 1 unspecified atom stereocenters. The van der Waals surface area contributed by atoms with Crippen LogP contribution < -0.4 is 15.8 Å². The third-order valence-corrected chi connectivity index (χ3v) is 5.68. The minimum Gasteiger partial charge on any atom is -0.461 e. The van der Waals surface area contributed by atoms with Gasteiger partial charge in [-0.1, -0.05) is 12.1 Å². The molecule has 1 atom stereocenters. The van der Waals surface area contributed by atoms with Gasteiger partial charge in [0.1, 0.15) is 0 Å².